The van der Waals surface area contributed by atoms with E-state index in [1.807, 2.05) is 31.2 Å². The van der Waals surface area contributed by atoms with Crippen molar-refractivity contribution in [3.05, 3.63) is 83.0 Å². The van der Waals surface area contributed by atoms with E-state index in [2.05, 4.69) is 51.1 Å². The lowest BCUT2D eigenvalue weighted by atomic mass is 9.98. The van der Waals surface area contributed by atoms with Gasteiger partial charge in [0.25, 0.3) is 5.91 Å². The topological polar surface area (TPSA) is 79.4 Å². The molecule has 2 N–H and O–H groups in total. The van der Waals surface area contributed by atoms with Gasteiger partial charge >= 0.3 is 0 Å². The van der Waals surface area contributed by atoms with Gasteiger partial charge in [-0.25, -0.2) is 5.43 Å². The highest BCUT2D eigenvalue weighted by Gasteiger charge is 2.18. The summed E-state index contributed by atoms with van der Waals surface area (Å²) in [4.78, 5) is 12.5. The molecule has 0 saturated heterocycles. The van der Waals surface area contributed by atoms with Crippen LogP contribution in [0.2, 0.25) is 0 Å². The van der Waals surface area contributed by atoms with E-state index < -0.39 is 0 Å². The number of aromatic amines is 1. The maximum Gasteiger partial charge on any atom is 0.289 e. The lowest BCUT2D eigenvalue weighted by molar-refractivity contribution is 0.0950. The second-order valence-corrected chi connectivity index (χ2v) is 7.45. The first-order valence-electron chi connectivity index (χ1n) is 10.4. The molecular formula is C25H22N4O2. The van der Waals surface area contributed by atoms with Crippen LogP contribution in [-0.2, 0) is 12.8 Å². The van der Waals surface area contributed by atoms with E-state index in [0.717, 1.165) is 35.4 Å². The number of carbonyl (C=O) groups excluding carboxylic acids is 1. The number of carbonyl (C=O) groups is 1. The standard InChI is InChI=1S/C25H22N4O2/c1-2-31-23-9-4-3-6-18(23)15-26-29-25(30)22-14-21(27-28-22)19-13-12-17-11-10-16-7-5-8-20(19)24(16)17/h3-9,12-15H,2,10-11H2,1H3,(H,27,28)(H,29,30)/b26-15+. The molecule has 1 aliphatic rings. The van der Waals surface area contributed by atoms with Crippen molar-refractivity contribution >= 4 is 22.9 Å². The Kier molecular flexibility index (Phi) is 4.96. The molecule has 1 amide bonds. The summed E-state index contributed by atoms with van der Waals surface area (Å²) in [6, 6.07) is 20.0. The first kappa shape index (κ1) is 19.1. The molecule has 6 heteroatoms. The second kappa shape index (κ2) is 8.07. The normalized spacial score (nSPS) is 12.5. The average molecular weight is 410 g/mol. The van der Waals surface area contributed by atoms with Crippen molar-refractivity contribution in [2.45, 2.75) is 19.8 Å². The quantitative estimate of drug-likeness (QED) is 0.363. The fraction of sp³-hybridized carbons (Fsp3) is 0.160. The summed E-state index contributed by atoms with van der Waals surface area (Å²) in [5.74, 6) is 0.369. The Bertz CT molecular complexity index is 1300. The van der Waals surface area contributed by atoms with Crippen LogP contribution in [0.3, 0.4) is 0 Å². The van der Waals surface area contributed by atoms with Crippen molar-refractivity contribution in [2.24, 2.45) is 5.10 Å². The predicted molar refractivity (Wildman–Crippen MR) is 122 cm³/mol. The lowest BCUT2D eigenvalue weighted by Gasteiger charge is -2.06. The van der Waals surface area contributed by atoms with E-state index in [9.17, 15) is 4.79 Å². The minimum atomic E-state index is -0.352. The summed E-state index contributed by atoms with van der Waals surface area (Å²) in [7, 11) is 0. The molecule has 0 saturated carbocycles. The zero-order valence-corrected chi connectivity index (χ0v) is 17.2. The number of nitrogens with one attached hydrogen (secondary N) is 2. The first-order valence-corrected chi connectivity index (χ1v) is 10.4. The van der Waals surface area contributed by atoms with Gasteiger partial charge in [0.2, 0.25) is 0 Å². The number of rotatable bonds is 6. The van der Waals surface area contributed by atoms with Crippen LogP contribution < -0.4 is 10.2 Å². The Morgan fingerprint density at radius 2 is 1.97 bits per heavy atom. The van der Waals surface area contributed by atoms with Gasteiger partial charge in [0.1, 0.15) is 11.4 Å². The number of hydrogen-bond acceptors (Lipinski definition) is 4. The average Bonchev–Trinajstić information content (AvgIpc) is 3.44. The maximum absolute atomic E-state index is 12.5. The molecule has 0 atom stereocenters. The molecule has 0 aliphatic heterocycles. The molecule has 1 aromatic heterocycles. The highest BCUT2D eigenvalue weighted by atomic mass is 16.5. The van der Waals surface area contributed by atoms with Crippen molar-refractivity contribution in [3.8, 4) is 17.0 Å². The van der Waals surface area contributed by atoms with Crippen molar-refractivity contribution < 1.29 is 9.53 Å². The fourth-order valence-electron chi connectivity index (χ4n) is 4.14. The Hall–Kier alpha value is -3.93. The molecule has 5 rings (SSSR count). The smallest absolute Gasteiger partial charge is 0.289 e. The number of aromatic nitrogens is 2. The van der Waals surface area contributed by atoms with Gasteiger partial charge in [-0.15, -0.1) is 0 Å². The van der Waals surface area contributed by atoms with E-state index in [1.165, 1.54) is 21.9 Å². The number of hydrogen-bond donors (Lipinski definition) is 2. The number of benzene rings is 3. The molecule has 0 unspecified atom stereocenters. The number of nitrogens with zero attached hydrogens (tertiary/aromatic N) is 2. The second-order valence-electron chi connectivity index (χ2n) is 7.45. The number of ether oxygens (including phenoxy) is 1. The molecule has 154 valence electrons. The van der Waals surface area contributed by atoms with Crippen molar-refractivity contribution in [1.29, 1.82) is 0 Å². The van der Waals surface area contributed by atoms with Gasteiger partial charge in [0, 0.05) is 11.1 Å². The molecule has 0 fully saturated rings. The van der Waals surface area contributed by atoms with Crippen LogP contribution in [0.15, 0.2) is 65.8 Å². The molecular weight excluding hydrogens is 388 g/mol. The fourth-order valence-corrected chi connectivity index (χ4v) is 4.14. The summed E-state index contributed by atoms with van der Waals surface area (Å²) in [6.45, 7) is 2.48. The summed E-state index contributed by atoms with van der Waals surface area (Å²) in [6.07, 6.45) is 3.73. The largest absolute Gasteiger partial charge is 0.493 e. The Morgan fingerprint density at radius 3 is 2.84 bits per heavy atom. The van der Waals surface area contributed by atoms with Crippen LogP contribution >= 0.6 is 0 Å². The number of para-hydroxylation sites is 1. The molecule has 1 heterocycles. The van der Waals surface area contributed by atoms with E-state index in [1.54, 1.807) is 12.3 Å². The van der Waals surface area contributed by atoms with Crippen molar-refractivity contribution in [2.75, 3.05) is 6.61 Å². The van der Waals surface area contributed by atoms with E-state index in [-0.39, 0.29) is 5.91 Å². The summed E-state index contributed by atoms with van der Waals surface area (Å²) in [5, 5.41) is 13.8. The van der Waals surface area contributed by atoms with Crippen LogP contribution in [0.1, 0.15) is 34.1 Å². The van der Waals surface area contributed by atoms with E-state index in [4.69, 9.17) is 4.74 Å². The molecule has 0 spiro atoms. The van der Waals surface area contributed by atoms with Gasteiger partial charge in [0.15, 0.2) is 0 Å². The zero-order valence-electron chi connectivity index (χ0n) is 17.2. The monoisotopic (exact) mass is 410 g/mol. The number of aryl methyl sites for hydroxylation is 2. The van der Waals surface area contributed by atoms with E-state index >= 15 is 0 Å². The molecule has 3 aromatic carbocycles. The first-order chi connectivity index (χ1) is 15.2. The van der Waals surface area contributed by atoms with Gasteiger partial charge in [-0.1, -0.05) is 42.5 Å². The molecule has 6 nitrogen and oxygen atoms in total. The van der Waals surface area contributed by atoms with Crippen LogP contribution in [-0.4, -0.2) is 28.9 Å². The molecule has 31 heavy (non-hydrogen) atoms. The number of hydrazone groups is 1. The third kappa shape index (κ3) is 3.57. The van der Waals surface area contributed by atoms with Gasteiger partial charge in [0.05, 0.1) is 18.5 Å². The predicted octanol–water partition coefficient (Wildman–Crippen LogP) is 4.49. The molecule has 0 bridgehead atoms. The zero-order chi connectivity index (χ0) is 21.2. The van der Waals surface area contributed by atoms with Crippen LogP contribution in [0.5, 0.6) is 5.75 Å². The van der Waals surface area contributed by atoms with Crippen LogP contribution in [0.4, 0.5) is 0 Å². The van der Waals surface area contributed by atoms with Crippen LogP contribution in [0, 0.1) is 0 Å². The molecule has 0 radical (unpaired) electrons. The van der Waals surface area contributed by atoms with Gasteiger partial charge in [-0.05, 0) is 59.9 Å². The molecule has 4 aromatic rings. The van der Waals surface area contributed by atoms with Crippen molar-refractivity contribution in [3.63, 3.8) is 0 Å². The third-order valence-electron chi connectivity index (χ3n) is 5.56. The number of amides is 1. The Balaban J connectivity index is 1.36. The summed E-state index contributed by atoms with van der Waals surface area (Å²) in [5.41, 5.74) is 8.22. The Morgan fingerprint density at radius 1 is 1.13 bits per heavy atom. The van der Waals surface area contributed by atoms with E-state index in [0.29, 0.717) is 12.3 Å². The van der Waals surface area contributed by atoms with Crippen LogP contribution in [0.25, 0.3) is 22.0 Å². The highest BCUT2D eigenvalue weighted by molar-refractivity contribution is 6.02. The SMILES string of the molecule is CCOc1ccccc1/C=N/NC(=O)c1cc(-c2ccc3c4c(cccc24)CC3)n[nH]1. The minimum Gasteiger partial charge on any atom is -0.493 e. The van der Waals surface area contributed by atoms with Gasteiger partial charge < -0.3 is 4.74 Å². The summed E-state index contributed by atoms with van der Waals surface area (Å²) < 4.78 is 5.57. The Labute approximate surface area is 179 Å². The van der Waals surface area contributed by atoms with Gasteiger partial charge in [-0.2, -0.15) is 10.2 Å². The number of H-pyrrole nitrogens is 1. The van der Waals surface area contributed by atoms with Crippen molar-refractivity contribution in [1.82, 2.24) is 15.6 Å². The maximum atomic E-state index is 12.5. The summed E-state index contributed by atoms with van der Waals surface area (Å²) >= 11 is 0. The molecule has 1 aliphatic carbocycles. The van der Waals surface area contributed by atoms with Gasteiger partial charge in [-0.3, -0.25) is 9.89 Å². The third-order valence-corrected chi connectivity index (χ3v) is 5.56. The highest BCUT2D eigenvalue weighted by Crippen LogP contribution is 2.36. The lowest BCUT2D eigenvalue weighted by Crippen LogP contribution is -2.18. The minimum absolute atomic E-state index is 0.352.